The summed E-state index contributed by atoms with van der Waals surface area (Å²) >= 11 is 0. The highest BCUT2D eigenvalue weighted by Crippen LogP contribution is 1.92. The lowest BCUT2D eigenvalue weighted by molar-refractivity contribution is -0.137. The largest absolute Gasteiger partial charge is 0.481 e. The molecule has 0 heterocycles. The van der Waals surface area contributed by atoms with E-state index in [-0.39, 0.29) is 0 Å². The van der Waals surface area contributed by atoms with Crippen molar-refractivity contribution in [3.8, 4) is 0 Å². The molecule has 0 aliphatic heterocycles. The van der Waals surface area contributed by atoms with E-state index in [2.05, 4.69) is 0 Å². The minimum Gasteiger partial charge on any atom is -0.481 e. The van der Waals surface area contributed by atoms with E-state index in [1.54, 1.807) is 0 Å². The molecule has 0 bridgehead atoms. The van der Waals surface area contributed by atoms with E-state index in [4.69, 9.17) is 15.7 Å². The molecule has 0 aliphatic rings. The lowest BCUT2D eigenvalue weighted by Crippen LogP contribution is -1.94. The second-order valence-corrected chi connectivity index (χ2v) is 1.08. The number of carboxylic acid groups (broad SMARTS) is 1. The van der Waals surface area contributed by atoms with E-state index in [1.165, 1.54) is 0 Å². The summed E-state index contributed by atoms with van der Waals surface area (Å²) in [6, 6.07) is 0. The van der Waals surface area contributed by atoms with Crippen LogP contribution in [0, 0.1) is 0 Å². The Morgan fingerprint density at radius 2 is 2.38 bits per heavy atom. The predicted octanol–water partition coefficient (Wildman–Crippen LogP) is 0.234. The van der Waals surface area contributed by atoms with Crippen molar-refractivity contribution in [2.45, 2.75) is 19.2 Å². The quantitative estimate of drug-likeness (QED) is 0.561. The van der Waals surface area contributed by atoms with Crippen LogP contribution >= 0.6 is 0 Å². The van der Waals surface area contributed by atoms with E-state index >= 15 is 0 Å². The van der Waals surface area contributed by atoms with E-state index in [0.29, 0.717) is 0 Å². The van der Waals surface area contributed by atoms with Crippen molar-refractivity contribution >= 4 is 5.97 Å². The number of aliphatic carboxylic acids is 1. The first-order valence-corrected chi connectivity index (χ1v) is 2.10. The first-order valence-electron chi connectivity index (χ1n) is 4.10. The van der Waals surface area contributed by atoms with Gasteiger partial charge in [-0.1, -0.05) is 0 Å². The number of rotatable bonds is 4. The molecule has 0 saturated carbocycles. The molecule has 0 aliphatic carbocycles. The molecular weight excluding hydrogens is 108 g/mol. The molecule has 0 rings (SSSR count). The Bertz CT molecular complexity index is 180. The number of carbonyl (C=O) groups is 1. The van der Waals surface area contributed by atoms with Crippen LogP contribution in [0.4, 0.5) is 0 Å². The average molecular weight is 122 g/mol. The smallest absolute Gasteiger partial charge is 0.303 e. The molecule has 8 heavy (non-hydrogen) atoms. The molecule has 0 atom stereocenters. The van der Waals surface area contributed by atoms with Crippen molar-refractivity contribution < 1.29 is 20.5 Å². The Labute approximate surface area is 53.6 Å². The lowest BCUT2D eigenvalue weighted by Gasteiger charge is -1.89. The molecule has 0 spiro atoms. The first kappa shape index (κ1) is 2.82. The van der Waals surface area contributed by atoms with Gasteiger partial charge >= 0.3 is 5.97 Å². The summed E-state index contributed by atoms with van der Waals surface area (Å²) in [6.07, 6.45) is -6.05. The summed E-state index contributed by atoms with van der Waals surface area (Å²) in [7, 11) is 0. The van der Waals surface area contributed by atoms with Crippen LogP contribution in [0.25, 0.3) is 0 Å². The highest BCUT2D eigenvalue weighted by molar-refractivity contribution is 5.66. The molecule has 0 fully saturated rings. The van der Waals surface area contributed by atoms with Crippen LogP contribution in [0.1, 0.15) is 24.6 Å². The molecule has 2 N–H and O–H groups in total. The Morgan fingerprint density at radius 3 is 2.75 bits per heavy atom. The number of carboxylic acids is 1. The van der Waals surface area contributed by atoms with Gasteiger partial charge in [-0.25, -0.2) is 0 Å². The van der Waals surface area contributed by atoms with Gasteiger partial charge in [0.25, 0.3) is 0 Å². The van der Waals surface area contributed by atoms with Crippen molar-refractivity contribution in [1.29, 1.82) is 0 Å². The number of hydrogen-bond donors (Lipinski definition) is 2. The van der Waals surface area contributed by atoms with Gasteiger partial charge in [-0.3, -0.25) is 4.79 Å². The van der Waals surface area contributed by atoms with Crippen molar-refractivity contribution in [3.05, 3.63) is 0 Å². The maximum absolute atomic E-state index is 10.2. The zero-order valence-electron chi connectivity index (χ0n) is 8.22. The molecule has 48 valence electrons. The fourth-order valence-corrected chi connectivity index (χ4v) is 0.194. The number of hydrogen-bond acceptors (Lipinski definition) is 2. The van der Waals surface area contributed by atoms with E-state index in [0.717, 1.165) is 0 Å². The standard InChI is InChI=1S/C5H10O3/c6-4-2-1-3-5(7)8/h6H,1-4H2,(H,7,8)/i1D2,3D2. The monoisotopic (exact) mass is 122 g/mol. The van der Waals surface area contributed by atoms with Crippen LogP contribution in [-0.2, 0) is 4.79 Å². The molecule has 3 heteroatoms. The van der Waals surface area contributed by atoms with Crippen LogP contribution in [0.15, 0.2) is 0 Å². The summed E-state index contributed by atoms with van der Waals surface area (Å²) < 4.78 is 27.8. The third-order valence-corrected chi connectivity index (χ3v) is 0.432. The first-order chi connectivity index (χ1) is 5.25. The predicted molar refractivity (Wildman–Crippen MR) is 28.6 cm³/mol. The van der Waals surface area contributed by atoms with Crippen LogP contribution in [0.5, 0.6) is 0 Å². The van der Waals surface area contributed by atoms with Crippen LogP contribution < -0.4 is 0 Å². The SMILES string of the molecule is [2H]C([2H])(CCO)C([2H])([2H])C(=O)O. The molecule has 0 saturated heterocycles. The highest BCUT2D eigenvalue weighted by atomic mass is 16.4. The molecule has 0 unspecified atom stereocenters. The maximum Gasteiger partial charge on any atom is 0.303 e. The van der Waals surface area contributed by atoms with Gasteiger partial charge < -0.3 is 10.2 Å². The van der Waals surface area contributed by atoms with Crippen LogP contribution in [-0.4, -0.2) is 22.8 Å². The average Bonchev–Trinajstić information content (AvgIpc) is 1.86. The molecule has 3 nitrogen and oxygen atoms in total. The molecule has 0 aromatic carbocycles. The minimum atomic E-state index is -2.96. The molecule has 0 aromatic rings. The number of aliphatic hydroxyl groups excluding tert-OH is 1. The maximum atomic E-state index is 10.2. The Hall–Kier alpha value is -0.570. The zero-order valence-corrected chi connectivity index (χ0v) is 4.22. The number of aliphatic hydroxyl groups is 1. The van der Waals surface area contributed by atoms with Gasteiger partial charge in [0.05, 0.1) is 0 Å². The third kappa shape index (κ3) is 5.43. The van der Waals surface area contributed by atoms with Gasteiger partial charge in [0, 0.05) is 18.5 Å². The van der Waals surface area contributed by atoms with Gasteiger partial charge in [0.15, 0.2) is 0 Å². The summed E-state index contributed by atoms with van der Waals surface area (Å²) in [4.78, 5) is 10.2. The Morgan fingerprint density at radius 1 is 1.75 bits per heavy atom. The summed E-state index contributed by atoms with van der Waals surface area (Å²) in [6.45, 7) is -0.584. The molecular formula is C5H10O3. The van der Waals surface area contributed by atoms with Gasteiger partial charge in [-0.05, 0) is 12.8 Å². The Kier molecular flexibility index (Phi) is 1.62. The van der Waals surface area contributed by atoms with Gasteiger partial charge in [0.2, 0.25) is 0 Å². The van der Waals surface area contributed by atoms with Crippen LogP contribution in [0.2, 0.25) is 0 Å². The van der Waals surface area contributed by atoms with Gasteiger partial charge in [0.1, 0.15) is 0 Å². The third-order valence-electron chi connectivity index (χ3n) is 0.432. The van der Waals surface area contributed by atoms with Crippen LogP contribution in [0.3, 0.4) is 0 Å². The molecule has 0 radical (unpaired) electrons. The summed E-state index contributed by atoms with van der Waals surface area (Å²) in [5.41, 5.74) is 0. The van der Waals surface area contributed by atoms with Crippen molar-refractivity contribution in [2.24, 2.45) is 0 Å². The van der Waals surface area contributed by atoms with Gasteiger partial charge in [-0.2, -0.15) is 0 Å². The zero-order chi connectivity index (χ0) is 9.99. The lowest BCUT2D eigenvalue weighted by atomic mass is 10.2. The molecule has 0 amide bonds. The fraction of sp³-hybridized carbons (Fsp3) is 0.800. The summed E-state index contributed by atoms with van der Waals surface area (Å²) in [5.74, 6) is -1.86. The second kappa shape index (κ2) is 4.59. The van der Waals surface area contributed by atoms with Crippen molar-refractivity contribution in [2.75, 3.05) is 6.61 Å². The molecule has 0 aromatic heterocycles. The minimum absolute atomic E-state index is 0.535. The van der Waals surface area contributed by atoms with E-state index in [1.807, 2.05) is 0 Å². The van der Waals surface area contributed by atoms with E-state index in [9.17, 15) is 4.79 Å². The van der Waals surface area contributed by atoms with Crippen molar-refractivity contribution in [1.82, 2.24) is 0 Å². The second-order valence-electron chi connectivity index (χ2n) is 1.08. The fourth-order valence-electron chi connectivity index (χ4n) is 0.194. The topological polar surface area (TPSA) is 57.5 Å². The van der Waals surface area contributed by atoms with Crippen molar-refractivity contribution in [3.63, 3.8) is 0 Å². The highest BCUT2D eigenvalue weighted by Gasteiger charge is 1.93. The van der Waals surface area contributed by atoms with E-state index < -0.39 is 31.7 Å². The Balaban J connectivity index is 4.62. The summed E-state index contributed by atoms with van der Waals surface area (Å²) in [5, 5.41) is 16.7. The van der Waals surface area contributed by atoms with Gasteiger partial charge in [-0.15, -0.1) is 0 Å². The normalized spacial score (nSPS) is 20.1.